The van der Waals surface area contributed by atoms with Crippen molar-refractivity contribution in [2.75, 3.05) is 10.0 Å². The largest absolute Gasteiger partial charge is 0.467 e. The third kappa shape index (κ3) is 3.36. The van der Waals surface area contributed by atoms with Crippen LogP contribution in [-0.4, -0.2) is 19.7 Å². The van der Waals surface area contributed by atoms with Crippen molar-refractivity contribution < 1.29 is 13.2 Å². The van der Waals surface area contributed by atoms with E-state index < -0.39 is 10.0 Å². The van der Waals surface area contributed by atoms with Crippen molar-refractivity contribution in [1.82, 2.24) is 0 Å². The number of thiophene rings is 1. The molecule has 0 saturated heterocycles. The van der Waals surface area contributed by atoms with E-state index in [-0.39, 0.29) is 15.5 Å². The van der Waals surface area contributed by atoms with Crippen LogP contribution in [0.5, 0.6) is 0 Å². The standard InChI is InChI=1S/C15H13N3O3S3/c1-9-5-10-6-12(18-24(19,20)13-3-2-4-23-13)7-11(8-16)14(10)17-15(22)21-9/h2-4,6-7,9,18H,5H2,1H3,(H,17,22). The molecule has 0 amide bonds. The molecular formula is C15H13N3O3S3. The molecular weight excluding hydrogens is 366 g/mol. The first-order chi connectivity index (χ1) is 11.4. The van der Waals surface area contributed by atoms with Crippen molar-refractivity contribution in [1.29, 1.82) is 5.26 Å². The van der Waals surface area contributed by atoms with E-state index in [1.807, 2.05) is 6.92 Å². The van der Waals surface area contributed by atoms with Gasteiger partial charge in [0.1, 0.15) is 16.4 Å². The minimum Gasteiger partial charge on any atom is -0.467 e. The maximum Gasteiger partial charge on any atom is 0.271 e. The van der Waals surface area contributed by atoms with Gasteiger partial charge in [0, 0.05) is 6.42 Å². The topological polar surface area (TPSA) is 91.2 Å². The number of anilines is 2. The predicted molar refractivity (Wildman–Crippen MR) is 96.8 cm³/mol. The summed E-state index contributed by atoms with van der Waals surface area (Å²) >= 11 is 6.20. The van der Waals surface area contributed by atoms with Gasteiger partial charge in [0.2, 0.25) is 0 Å². The van der Waals surface area contributed by atoms with Crippen LogP contribution >= 0.6 is 23.6 Å². The highest BCUT2D eigenvalue weighted by atomic mass is 32.2. The van der Waals surface area contributed by atoms with Crippen LogP contribution in [-0.2, 0) is 21.2 Å². The zero-order valence-electron chi connectivity index (χ0n) is 12.6. The van der Waals surface area contributed by atoms with E-state index in [1.165, 1.54) is 12.1 Å². The maximum atomic E-state index is 12.4. The summed E-state index contributed by atoms with van der Waals surface area (Å²) in [6.45, 7) is 1.86. The lowest BCUT2D eigenvalue weighted by molar-refractivity contribution is 0.217. The van der Waals surface area contributed by atoms with Crippen LogP contribution in [0.4, 0.5) is 11.4 Å². The van der Waals surface area contributed by atoms with Crippen molar-refractivity contribution in [3.63, 3.8) is 0 Å². The van der Waals surface area contributed by atoms with E-state index in [4.69, 9.17) is 17.0 Å². The molecule has 1 aliphatic heterocycles. The number of benzene rings is 1. The summed E-state index contributed by atoms with van der Waals surface area (Å²) in [6, 6.07) is 8.44. The van der Waals surface area contributed by atoms with E-state index in [2.05, 4.69) is 16.1 Å². The number of hydrogen-bond acceptors (Lipinski definition) is 6. The van der Waals surface area contributed by atoms with Gasteiger partial charge in [0.25, 0.3) is 15.2 Å². The third-order valence-corrected chi connectivity index (χ3v) is 6.37. The van der Waals surface area contributed by atoms with Gasteiger partial charge in [-0.05, 0) is 48.3 Å². The monoisotopic (exact) mass is 379 g/mol. The van der Waals surface area contributed by atoms with E-state index in [1.54, 1.807) is 17.5 Å². The van der Waals surface area contributed by atoms with Crippen LogP contribution in [0.3, 0.4) is 0 Å². The van der Waals surface area contributed by atoms with Gasteiger partial charge in [-0.3, -0.25) is 4.72 Å². The van der Waals surface area contributed by atoms with Crippen molar-refractivity contribution >= 4 is 50.1 Å². The Kier molecular flexibility index (Phi) is 4.45. The molecule has 1 unspecified atom stereocenters. The predicted octanol–water partition coefficient (Wildman–Crippen LogP) is 3.08. The number of nitriles is 1. The van der Waals surface area contributed by atoms with Crippen molar-refractivity contribution in [3.8, 4) is 6.07 Å². The van der Waals surface area contributed by atoms with Gasteiger partial charge in [0.15, 0.2) is 0 Å². The first-order valence-electron chi connectivity index (χ1n) is 7.00. The lowest BCUT2D eigenvalue weighted by atomic mass is 10.0. The van der Waals surface area contributed by atoms with E-state index in [9.17, 15) is 13.7 Å². The summed E-state index contributed by atoms with van der Waals surface area (Å²) in [5.41, 5.74) is 1.97. The second kappa shape index (κ2) is 6.39. The first-order valence-corrected chi connectivity index (χ1v) is 9.77. The average molecular weight is 379 g/mol. The first kappa shape index (κ1) is 16.7. The van der Waals surface area contributed by atoms with Crippen molar-refractivity contribution in [2.45, 2.75) is 23.7 Å². The molecule has 2 heterocycles. The molecule has 0 saturated carbocycles. The number of sulfonamides is 1. The highest BCUT2D eigenvalue weighted by molar-refractivity contribution is 7.94. The fourth-order valence-corrected chi connectivity index (χ4v) is 4.74. The average Bonchev–Trinajstić information content (AvgIpc) is 2.99. The number of hydrogen-bond donors (Lipinski definition) is 2. The summed E-state index contributed by atoms with van der Waals surface area (Å²) in [5, 5.41) is 14.2. The van der Waals surface area contributed by atoms with Gasteiger partial charge in [-0.15, -0.1) is 11.3 Å². The van der Waals surface area contributed by atoms with Crippen LogP contribution in [0, 0.1) is 11.3 Å². The zero-order valence-corrected chi connectivity index (χ0v) is 15.0. The molecule has 0 bridgehead atoms. The van der Waals surface area contributed by atoms with E-state index in [0.717, 1.165) is 16.9 Å². The second-order valence-electron chi connectivity index (χ2n) is 5.25. The molecule has 24 heavy (non-hydrogen) atoms. The molecule has 124 valence electrons. The summed E-state index contributed by atoms with van der Waals surface area (Å²) < 4.78 is 32.9. The summed E-state index contributed by atoms with van der Waals surface area (Å²) in [5.74, 6) is 0. The Bertz CT molecular complexity index is 931. The molecule has 1 aliphatic rings. The summed E-state index contributed by atoms with van der Waals surface area (Å²) in [4.78, 5) is 0. The van der Waals surface area contributed by atoms with Gasteiger partial charge < -0.3 is 10.1 Å². The third-order valence-electron chi connectivity index (χ3n) is 3.40. The number of rotatable bonds is 3. The molecule has 6 nitrogen and oxygen atoms in total. The number of ether oxygens (including phenoxy) is 1. The molecule has 2 aromatic rings. The molecule has 0 spiro atoms. The normalized spacial score (nSPS) is 17.0. The molecule has 0 aliphatic carbocycles. The van der Waals surface area contributed by atoms with Crippen LogP contribution in [0.1, 0.15) is 18.1 Å². The maximum absolute atomic E-state index is 12.4. The van der Waals surface area contributed by atoms with Crippen molar-refractivity contribution in [2.24, 2.45) is 0 Å². The quantitative estimate of drug-likeness (QED) is 0.797. The highest BCUT2D eigenvalue weighted by Gasteiger charge is 2.22. The molecule has 2 N–H and O–H groups in total. The summed E-state index contributed by atoms with van der Waals surface area (Å²) in [6.07, 6.45) is 0.327. The lowest BCUT2D eigenvalue weighted by Crippen LogP contribution is -2.17. The Morgan fingerprint density at radius 1 is 1.50 bits per heavy atom. The van der Waals surface area contributed by atoms with Crippen LogP contribution in [0.25, 0.3) is 0 Å². The zero-order chi connectivity index (χ0) is 17.3. The van der Waals surface area contributed by atoms with Gasteiger partial charge in [-0.2, -0.15) is 5.26 Å². The van der Waals surface area contributed by atoms with Crippen molar-refractivity contribution in [3.05, 3.63) is 40.8 Å². The lowest BCUT2D eigenvalue weighted by Gasteiger charge is -2.13. The minimum atomic E-state index is -3.67. The van der Waals surface area contributed by atoms with Gasteiger partial charge in [-0.1, -0.05) is 6.07 Å². The van der Waals surface area contributed by atoms with E-state index in [0.29, 0.717) is 23.4 Å². The number of nitrogens with one attached hydrogen (secondary N) is 2. The Morgan fingerprint density at radius 2 is 2.29 bits per heavy atom. The van der Waals surface area contributed by atoms with Crippen LogP contribution in [0.15, 0.2) is 33.9 Å². The molecule has 0 fully saturated rings. The molecule has 1 atom stereocenters. The van der Waals surface area contributed by atoms with Gasteiger partial charge in [0.05, 0.1) is 16.9 Å². The molecule has 1 aromatic heterocycles. The Morgan fingerprint density at radius 3 is 2.96 bits per heavy atom. The Hall–Kier alpha value is -2.15. The highest BCUT2D eigenvalue weighted by Crippen LogP contribution is 2.31. The Labute approximate surface area is 149 Å². The number of thiocarbonyl (C=S) groups is 1. The van der Waals surface area contributed by atoms with Crippen LogP contribution in [0.2, 0.25) is 0 Å². The van der Waals surface area contributed by atoms with E-state index >= 15 is 0 Å². The fourth-order valence-electron chi connectivity index (χ4n) is 2.45. The molecule has 1 aromatic carbocycles. The fraction of sp³-hybridized carbons (Fsp3) is 0.200. The molecule has 9 heteroatoms. The van der Waals surface area contributed by atoms with Gasteiger partial charge in [-0.25, -0.2) is 8.42 Å². The molecule has 3 rings (SSSR count). The SMILES string of the molecule is CC1Cc2cc(NS(=O)(=O)c3cccs3)cc(C#N)c2NC(=S)O1. The van der Waals surface area contributed by atoms with Crippen LogP contribution < -0.4 is 10.0 Å². The number of fused-ring (bicyclic) bond motifs is 1. The Balaban J connectivity index is 2.02. The summed E-state index contributed by atoms with van der Waals surface area (Å²) in [7, 11) is -3.67. The second-order valence-corrected chi connectivity index (χ2v) is 8.48. The smallest absolute Gasteiger partial charge is 0.271 e. The number of nitrogens with zero attached hydrogens (tertiary/aromatic N) is 1. The molecule has 0 radical (unpaired) electrons. The minimum absolute atomic E-state index is 0.179. The van der Waals surface area contributed by atoms with Gasteiger partial charge >= 0.3 is 0 Å².